The van der Waals surface area contributed by atoms with Crippen molar-refractivity contribution in [3.63, 3.8) is 0 Å². The van der Waals surface area contributed by atoms with Gasteiger partial charge >= 0.3 is 6.03 Å². The second-order valence-electron chi connectivity index (χ2n) is 9.66. The zero-order chi connectivity index (χ0) is 24.8. The first-order valence-electron chi connectivity index (χ1n) is 12.8. The maximum absolute atomic E-state index is 13.3. The van der Waals surface area contributed by atoms with Crippen molar-refractivity contribution >= 4 is 29.2 Å². The number of rotatable bonds is 5. The van der Waals surface area contributed by atoms with E-state index in [2.05, 4.69) is 10.6 Å². The van der Waals surface area contributed by atoms with E-state index in [0.717, 1.165) is 43.5 Å². The number of hydrogen-bond donors (Lipinski definition) is 2. The summed E-state index contributed by atoms with van der Waals surface area (Å²) in [6.45, 7) is 5.92. The maximum atomic E-state index is 13.3. The highest BCUT2D eigenvalue weighted by molar-refractivity contribution is 5.98. The SMILES string of the molecule is CCC(C)C(=O)N1Cc2ccccc2CC1C(=O)Nc1ccc(NC(=O)N2CCCCCC2)cc1. The molecule has 0 bridgehead atoms. The fraction of sp³-hybridized carbons (Fsp3) is 0.464. The summed E-state index contributed by atoms with van der Waals surface area (Å²) in [5.41, 5.74) is 3.53. The van der Waals surface area contributed by atoms with Gasteiger partial charge in [0.15, 0.2) is 0 Å². The average Bonchev–Trinajstić information content (AvgIpc) is 3.18. The van der Waals surface area contributed by atoms with E-state index in [1.807, 2.05) is 43.0 Å². The Bertz CT molecular complexity index is 1040. The summed E-state index contributed by atoms with van der Waals surface area (Å²) >= 11 is 0. The van der Waals surface area contributed by atoms with E-state index >= 15 is 0 Å². The molecule has 186 valence electrons. The molecule has 0 aliphatic carbocycles. The number of anilines is 2. The fourth-order valence-electron chi connectivity index (χ4n) is 4.79. The highest BCUT2D eigenvalue weighted by atomic mass is 16.2. The normalized spacial score (nSPS) is 18.7. The number of carbonyl (C=O) groups excluding carboxylic acids is 3. The second-order valence-corrected chi connectivity index (χ2v) is 9.66. The molecule has 2 heterocycles. The van der Waals surface area contributed by atoms with Crippen molar-refractivity contribution in [2.45, 2.75) is 65.0 Å². The van der Waals surface area contributed by atoms with Crippen LogP contribution in [0.1, 0.15) is 57.1 Å². The van der Waals surface area contributed by atoms with Crippen LogP contribution in [0.4, 0.5) is 16.2 Å². The van der Waals surface area contributed by atoms with E-state index in [1.165, 1.54) is 12.8 Å². The summed E-state index contributed by atoms with van der Waals surface area (Å²) in [7, 11) is 0. The molecule has 2 N–H and O–H groups in total. The molecule has 2 aliphatic rings. The number of nitrogens with one attached hydrogen (secondary N) is 2. The zero-order valence-electron chi connectivity index (χ0n) is 20.8. The Hall–Kier alpha value is -3.35. The molecular weight excluding hydrogens is 440 g/mol. The summed E-state index contributed by atoms with van der Waals surface area (Å²) in [5, 5.41) is 5.94. The predicted molar refractivity (Wildman–Crippen MR) is 138 cm³/mol. The van der Waals surface area contributed by atoms with Gasteiger partial charge in [-0.05, 0) is 54.7 Å². The van der Waals surface area contributed by atoms with Crippen molar-refractivity contribution in [3.05, 3.63) is 59.7 Å². The second kappa shape index (κ2) is 11.4. The third-order valence-electron chi connectivity index (χ3n) is 7.17. The first-order chi connectivity index (χ1) is 17.0. The van der Waals surface area contributed by atoms with Crippen molar-refractivity contribution in [2.24, 2.45) is 5.92 Å². The quantitative estimate of drug-likeness (QED) is 0.635. The van der Waals surface area contributed by atoms with Crippen LogP contribution in [0.5, 0.6) is 0 Å². The van der Waals surface area contributed by atoms with Crippen molar-refractivity contribution in [1.82, 2.24) is 9.80 Å². The van der Waals surface area contributed by atoms with E-state index in [0.29, 0.717) is 24.3 Å². The molecule has 2 aliphatic heterocycles. The highest BCUT2D eigenvalue weighted by Gasteiger charge is 2.35. The van der Waals surface area contributed by atoms with E-state index in [9.17, 15) is 14.4 Å². The highest BCUT2D eigenvalue weighted by Crippen LogP contribution is 2.27. The molecule has 1 saturated heterocycles. The van der Waals surface area contributed by atoms with Crippen LogP contribution in [0.15, 0.2) is 48.5 Å². The molecule has 0 spiro atoms. The molecule has 35 heavy (non-hydrogen) atoms. The average molecular weight is 477 g/mol. The number of likely N-dealkylation sites (tertiary alicyclic amines) is 1. The molecule has 2 atom stereocenters. The number of urea groups is 1. The summed E-state index contributed by atoms with van der Waals surface area (Å²) < 4.78 is 0. The van der Waals surface area contributed by atoms with Gasteiger partial charge in [0.05, 0.1) is 0 Å². The number of amides is 4. The molecule has 2 aromatic rings. The minimum atomic E-state index is -0.561. The van der Waals surface area contributed by atoms with Gasteiger partial charge in [0.1, 0.15) is 6.04 Å². The van der Waals surface area contributed by atoms with Gasteiger partial charge < -0.3 is 20.4 Å². The summed E-state index contributed by atoms with van der Waals surface area (Å²) in [4.78, 5) is 42.6. The number of benzene rings is 2. The molecule has 7 heteroatoms. The van der Waals surface area contributed by atoms with E-state index in [4.69, 9.17) is 0 Å². The summed E-state index contributed by atoms with van der Waals surface area (Å²) in [6, 6.07) is 14.5. The molecule has 0 radical (unpaired) electrons. The largest absolute Gasteiger partial charge is 0.326 e. The third-order valence-corrected chi connectivity index (χ3v) is 7.17. The van der Waals surface area contributed by atoms with Crippen LogP contribution in [-0.4, -0.2) is 46.8 Å². The monoisotopic (exact) mass is 476 g/mol. The van der Waals surface area contributed by atoms with Crippen molar-refractivity contribution in [1.29, 1.82) is 0 Å². The van der Waals surface area contributed by atoms with Crippen LogP contribution in [0.3, 0.4) is 0 Å². The van der Waals surface area contributed by atoms with Crippen LogP contribution < -0.4 is 10.6 Å². The standard InChI is InChI=1S/C28H36N4O3/c1-3-20(2)27(34)32-19-22-11-7-6-10-21(22)18-25(32)26(33)29-23-12-14-24(15-13-23)30-28(35)31-16-8-4-5-9-17-31/h6-7,10-15,20,25H,3-5,8-9,16-19H2,1-2H3,(H,29,33)(H,30,35). The molecule has 2 aromatic carbocycles. The number of nitrogens with zero attached hydrogens (tertiary/aromatic N) is 2. The Labute approximate surface area is 207 Å². The maximum Gasteiger partial charge on any atom is 0.321 e. The van der Waals surface area contributed by atoms with E-state index < -0.39 is 6.04 Å². The van der Waals surface area contributed by atoms with E-state index in [-0.39, 0.29) is 23.8 Å². The molecule has 0 saturated carbocycles. The summed E-state index contributed by atoms with van der Waals surface area (Å²) in [6.07, 6.45) is 5.65. The van der Waals surface area contributed by atoms with Gasteiger partial charge in [0.25, 0.3) is 0 Å². The molecule has 4 rings (SSSR count). The molecule has 7 nitrogen and oxygen atoms in total. The lowest BCUT2D eigenvalue weighted by atomic mass is 9.92. The van der Waals surface area contributed by atoms with Gasteiger partial charge in [-0.15, -0.1) is 0 Å². The van der Waals surface area contributed by atoms with Gasteiger partial charge in [0, 0.05) is 43.3 Å². The Morgan fingerprint density at radius 2 is 1.49 bits per heavy atom. The Morgan fingerprint density at radius 1 is 0.886 bits per heavy atom. The topological polar surface area (TPSA) is 81.8 Å². The van der Waals surface area contributed by atoms with Crippen LogP contribution in [0.25, 0.3) is 0 Å². The molecule has 0 aromatic heterocycles. The van der Waals surface area contributed by atoms with Gasteiger partial charge in [-0.2, -0.15) is 0 Å². The summed E-state index contributed by atoms with van der Waals surface area (Å²) in [5.74, 6) is -0.325. The van der Waals surface area contributed by atoms with Crippen LogP contribution in [0.2, 0.25) is 0 Å². The Kier molecular flexibility index (Phi) is 8.06. The van der Waals surface area contributed by atoms with Gasteiger partial charge in [-0.25, -0.2) is 4.79 Å². The lowest BCUT2D eigenvalue weighted by Gasteiger charge is -2.37. The first kappa shape index (κ1) is 24.8. The third kappa shape index (κ3) is 6.02. The number of hydrogen-bond acceptors (Lipinski definition) is 3. The van der Waals surface area contributed by atoms with Crippen LogP contribution in [-0.2, 0) is 22.6 Å². The smallest absolute Gasteiger partial charge is 0.321 e. The van der Waals surface area contributed by atoms with Crippen molar-refractivity contribution in [3.8, 4) is 0 Å². The van der Waals surface area contributed by atoms with Crippen molar-refractivity contribution in [2.75, 3.05) is 23.7 Å². The predicted octanol–water partition coefficient (Wildman–Crippen LogP) is 5.03. The molecular formula is C28H36N4O3. The Balaban J connectivity index is 1.42. The van der Waals surface area contributed by atoms with Crippen molar-refractivity contribution < 1.29 is 14.4 Å². The lowest BCUT2D eigenvalue weighted by Crippen LogP contribution is -2.52. The zero-order valence-corrected chi connectivity index (χ0v) is 20.8. The minimum Gasteiger partial charge on any atom is -0.326 e. The van der Waals surface area contributed by atoms with Gasteiger partial charge in [0.2, 0.25) is 11.8 Å². The minimum absolute atomic E-state index is 0.00808. The molecule has 2 unspecified atom stereocenters. The molecule has 4 amide bonds. The van der Waals surface area contributed by atoms with Crippen LogP contribution >= 0.6 is 0 Å². The van der Waals surface area contributed by atoms with Gasteiger partial charge in [-0.3, -0.25) is 9.59 Å². The number of carbonyl (C=O) groups is 3. The van der Waals surface area contributed by atoms with E-state index in [1.54, 1.807) is 29.2 Å². The van der Waals surface area contributed by atoms with Crippen LogP contribution in [0, 0.1) is 5.92 Å². The lowest BCUT2D eigenvalue weighted by molar-refractivity contribution is -0.143. The first-order valence-corrected chi connectivity index (χ1v) is 12.8. The Morgan fingerprint density at radius 3 is 2.11 bits per heavy atom. The molecule has 1 fully saturated rings. The van der Waals surface area contributed by atoms with Gasteiger partial charge in [-0.1, -0.05) is 51.0 Å². The number of fused-ring (bicyclic) bond motifs is 1. The fourth-order valence-corrected chi connectivity index (χ4v) is 4.79.